The molecule has 0 heterocycles. The van der Waals surface area contributed by atoms with Crippen LogP contribution in [0.1, 0.15) is 20.8 Å². The first-order valence-corrected chi connectivity index (χ1v) is 4.00. The van der Waals surface area contributed by atoms with Crippen LogP contribution in [0.4, 0.5) is 0 Å². The maximum absolute atomic E-state index is 11.4. The fourth-order valence-electron chi connectivity index (χ4n) is 1.30. The molecule has 0 bridgehead atoms. The quantitative estimate of drug-likeness (QED) is 0.355. The topological polar surface area (TPSA) is 77.3 Å². The minimum absolute atomic E-state index is 0.0805. The van der Waals surface area contributed by atoms with Crippen LogP contribution in [0.15, 0.2) is 22.4 Å². The number of allylic oxidation sites excluding steroid dienone is 3. The van der Waals surface area contributed by atoms with Crippen molar-refractivity contribution in [1.29, 1.82) is 0 Å². The molecule has 1 aliphatic rings. The number of rotatable bonds is 1. The molecule has 0 aromatic rings. The van der Waals surface area contributed by atoms with Crippen molar-refractivity contribution in [3.8, 4) is 0 Å². The highest BCUT2D eigenvalue weighted by molar-refractivity contribution is 6.23. The van der Waals surface area contributed by atoms with Gasteiger partial charge in [0.05, 0.1) is 10.5 Å². The van der Waals surface area contributed by atoms with Gasteiger partial charge in [-0.25, -0.2) is 0 Å². The number of nitrogens with zero attached hydrogens (tertiary/aromatic N) is 1. The van der Waals surface area contributed by atoms with Gasteiger partial charge in [-0.1, -0.05) is 0 Å². The Kier molecular flexibility index (Phi) is 2.33. The van der Waals surface area contributed by atoms with E-state index in [-0.39, 0.29) is 16.7 Å². The van der Waals surface area contributed by atoms with Gasteiger partial charge in [0.25, 0.3) is 5.78 Å². The summed E-state index contributed by atoms with van der Waals surface area (Å²) in [6.45, 7) is 4.22. The molecule has 1 aliphatic carbocycles. The molecular weight excluding hydrogens is 186 g/mol. The first-order valence-electron chi connectivity index (χ1n) is 4.00. The first kappa shape index (κ1) is 10.3. The molecule has 0 saturated carbocycles. The van der Waals surface area contributed by atoms with E-state index >= 15 is 0 Å². The van der Waals surface area contributed by atoms with Gasteiger partial charge in [0.15, 0.2) is 5.78 Å². The molecule has 0 spiro atoms. The van der Waals surface area contributed by atoms with Crippen molar-refractivity contribution < 1.29 is 14.5 Å². The fourth-order valence-corrected chi connectivity index (χ4v) is 1.30. The molecule has 0 aromatic carbocycles. The molecule has 0 N–H and O–H groups in total. The van der Waals surface area contributed by atoms with E-state index in [0.717, 1.165) is 0 Å². The summed E-state index contributed by atoms with van der Waals surface area (Å²) in [5, 5.41) is 10.5. The number of carbonyl (C=O) groups excluding carboxylic acids is 2. The van der Waals surface area contributed by atoms with Crippen molar-refractivity contribution in [1.82, 2.24) is 0 Å². The zero-order valence-electron chi connectivity index (χ0n) is 8.08. The Morgan fingerprint density at radius 2 is 1.36 bits per heavy atom. The summed E-state index contributed by atoms with van der Waals surface area (Å²) in [6.07, 6.45) is 0. The normalized spacial score (nSPS) is 17.9. The number of hydrogen-bond donors (Lipinski definition) is 0. The first-order chi connectivity index (χ1) is 6.37. The van der Waals surface area contributed by atoms with Crippen LogP contribution < -0.4 is 0 Å². The van der Waals surface area contributed by atoms with Gasteiger partial charge >= 0.3 is 5.70 Å². The van der Waals surface area contributed by atoms with E-state index in [1.54, 1.807) is 0 Å². The number of hydrogen-bond acceptors (Lipinski definition) is 4. The van der Waals surface area contributed by atoms with E-state index in [2.05, 4.69) is 0 Å². The average Bonchev–Trinajstić information content (AvgIpc) is 2.11. The van der Waals surface area contributed by atoms with E-state index in [9.17, 15) is 19.7 Å². The number of Topliss-reactive ketones (excluding diaryl/α,β-unsaturated/α-hetero) is 2. The van der Waals surface area contributed by atoms with Crippen LogP contribution in [-0.2, 0) is 9.59 Å². The number of ketones is 2. The largest absolute Gasteiger partial charge is 0.323 e. The highest BCUT2D eigenvalue weighted by Gasteiger charge is 2.35. The summed E-state index contributed by atoms with van der Waals surface area (Å²) >= 11 is 0. The van der Waals surface area contributed by atoms with E-state index in [0.29, 0.717) is 0 Å². The SMILES string of the molecule is CC1=C(C)C(=O)C([N+](=O)[O-])=C(C)C1=O. The summed E-state index contributed by atoms with van der Waals surface area (Å²) in [4.78, 5) is 32.6. The second kappa shape index (κ2) is 3.17. The second-order valence-electron chi connectivity index (χ2n) is 3.14. The van der Waals surface area contributed by atoms with Crippen LogP contribution in [-0.4, -0.2) is 16.5 Å². The molecule has 0 atom stereocenters. The van der Waals surface area contributed by atoms with Gasteiger partial charge in [0.1, 0.15) is 0 Å². The van der Waals surface area contributed by atoms with Crippen molar-refractivity contribution in [2.75, 3.05) is 0 Å². The second-order valence-corrected chi connectivity index (χ2v) is 3.14. The van der Waals surface area contributed by atoms with Gasteiger partial charge in [0, 0.05) is 11.1 Å². The van der Waals surface area contributed by atoms with Gasteiger partial charge in [-0.15, -0.1) is 0 Å². The van der Waals surface area contributed by atoms with Gasteiger partial charge < -0.3 is 0 Å². The summed E-state index contributed by atoms with van der Waals surface area (Å²) in [7, 11) is 0. The van der Waals surface area contributed by atoms with Crippen LogP contribution in [0.25, 0.3) is 0 Å². The summed E-state index contributed by atoms with van der Waals surface area (Å²) in [5.41, 5.74) is -0.230. The number of carbonyl (C=O) groups is 2. The third-order valence-electron chi connectivity index (χ3n) is 2.34. The maximum atomic E-state index is 11.4. The van der Waals surface area contributed by atoms with E-state index in [1.165, 1.54) is 20.8 Å². The molecule has 14 heavy (non-hydrogen) atoms. The van der Waals surface area contributed by atoms with E-state index < -0.39 is 22.2 Å². The van der Waals surface area contributed by atoms with Gasteiger partial charge in [-0.2, -0.15) is 0 Å². The average molecular weight is 195 g/mol. The molecular formula is C9H9NO4. The van der Waals surface area contributed by atoms with E-state index in [4.69, 9.17) is 0 Å². The molecule has 0 amide bonds. The predicted octanol–water partition coefficient (Wildman–Crippen LogP) is 1.03. The highest BCUT2D eigenvalue weighted by atomic mass is 16.6. The number of nitro groups is 1. The molecule has 5 nitrogen and oxygen atoms in total. The van der Waals surface area contributed by atoms with Crippen molar-refractivity contribution in [3.63, 3.8) is 0 Å². The van der Waals surface area contributed by atoms with Crippen molar-refractivity contribution in [2.24, 2.45) is 0 Å². The van der Waals surface area contributed by atoms with Crippen LogP contribution in [0.3, 0.4) is 0 Å². The molecule has 74 valence electrons. The van der Waals surface area contributed by atoms with E-state index in [1.807, 2.05) is 0 Å². The molecule has 0 saturated heterocycles. The Bertz CT molecular complexity index is 415. The van der Waals surface area contributed by atoms with Gasteiger partial charge in [-0.3, -0.25) is 19.7 Å². The Morgan fingerprint density at radius 1 is 0.929 bits per heavy atom. The van der Waals surface area contributed by atoms with Crippen LogP contribution >= 0.6 is 0 Å². The minimum atomic E-state index is -0.800. The molecule has 5 heteroatoms. The van der Waals surface area contributed by atoms with Gasteiger partial charge in [0.2, 0.25) is 0 Å². The van der Waals surface area contributed by atoms with Gasteiger partial charge in [-0.05, 0) is 20.8 Å². The van der Waals surface area contributed by atoms with Crippen molar-refractivity contribution in [3.05, 3.63) is 32.5 Å². The Morgan fingerprint density at radius 3 is 1.79 bits per heavy atom. The molecule has 0 aromatic heterocycles. The lowest BCUT2D eigenvalue weighted by Crippen LogP contribution is -2.24. The smallest absolute Gasteiger partial charge is 0.289 e. The Hall–Kier alpha value is -1.78. The zero-order chi connectivity index (χ0) is 11.0. The van der Waals surface area contributed by atoms with Crippen LogP contribution in [0.2, 0.25) is 0 Å². The third kappa shape index (κ3) is 1.26. The van der Waals surface area contributed by atoms with Crippen molar-refractivity contribution >= 4 is 11.6 Å². The third-order valence-corrected chi connectivity index (χ3v) is 2.34. The monoisotopic (exact) mass is 195 g/mol. The lowest BCUT2D eigenvalue weighted by Gasteiger charge is -2.11. The lowest BCUT2D eigenvalue weighted by molar-refractivity contribution is -0.419. The summed E-state index contributed by atoms with van der Waals surface area (Å²) in [5.74, 6) is -1.08. The molecule has 0 aliphatic heterocycles. The maximum Gasteiger partial charge on any atom is 0.323 e. The van der Waals surface area contributed by atoms with Crippen LogP contribution in [0.5, 0.6) is 0 Å². The molecule has 0 radical (unpaired) electrons. The molecule has 0 fully saturated rings. The summed E-state index contributed by atoms with van der Waals surface area (Å²) < 4.78 is 0. The predicted molar refractivity (Wildman–Crippen MR) is 48.1 cm³/mol. The zero-order valence-corrected chi connectivity index (χ0v) is 8.08. The Balaban J connectivity index is 3.41. The molecule has 0 unspecified atom stereocenters. The minimum Gasteiger partial charge on any atom is -0.289 e. The van der Waals surface area contributed by atoms with Crippen molar-refractivity contribution in [2.45, 2.75) is 20.8 Å². The molecule has 1 rings (SSSR count). The lowest BCUT2D eigenvalue weighted by atomic mass is 9.90. The Labute approximate surface area is 80.2 Å². The summed E-state index contributed by atoms with van der Waals surface area (Å²) in [6, 6.07) is 0. The highest BCUT2D eigenvalue weighted by Crippen LogP contribution is 2.23. The van der Waals surface area contributed by atoms with Crippen LogP contribution in [0, 0.1) is 10.1 Å². The standard InChI is InChI=1S/C9H9NO4/c1-4-5(2)9(12)7(10(13)14)6(3)8(4)11/h1-3H3. The fraction of sp³-hybridized carbons (Fsp3) is 0.333.